The van der Waals surface area contributed by atoms with Crippen LogP contribution in [0.1, 0.15) is 16.7 Å². The number of carbonyl (C=O) groups excluding carboxylic acids is 1. The van der Waals surface area contributed by atoms with Crippen LogP contribution in [0.3, 0.4) is 0 Å². The van der Waals surface area contributed by atoms with Gasteiger partial charge in [0.2, 0.25) is 11.9 Å². The van der Waals surface area contributed by atoms with Gasteiger partial charge in [-0.2, -0.15) is 26.3 Å². The van der Waals surface area contributed by atoms with E-state index in [1.807, 2.05) is 4.98 Å². The van der Waals surface area contributed by atoms with Crippen molar-refractivity contribution in [2.75, 3.05) is 31.1 Å². The molecule has 1 saturated heterocycles. The van der Waals surface area contributed by atoms with Crippen molar-refractivity contribution in [1.82, 2.24) is 19.9 Å². The Bertz CT molecular complexity index is 962. The molecular formula is C17H15F6N5O2. The lowest BCUT2D eigenvalue weighted by atomic mass is 10.1. The fourth-order valence-electron chi connectivity index (χ4n) is 2.91. The molecule has 0 unspecified atom stereocenters. The summed E-state index contributed by atoms with van der Waals surface area (Å²) >= 11 is 0. The van der Waals surface area contributed by atoms with Crippen molar-refractivity contribution in [1.29, 1.82) is 0 Å². The third-order valence-electron chi connectivity index (χ3n) is 4.50. The molecule has 7 nitrogen and oxygen atoms in total. The molecule has 2 aromatic heterocycles. The van der Waals surface area contributed by atoms with Gasteiger partial charge in [-0.25, -0.2) is 9.97 Å². The number of amides is 1. The molecule has 0 aromatic carbocycles. The summed E-state index contributed by atoms with van der Waals surface area (Å²) in [5.41, 5.74) is -3.62. The quantitative estimate of drug-likeness (QED) is 0.747. The highest BCUT2D eigenvalue weighted by Crippen LogP contribution is 2.29. The summed E-state index contributed by atoms with van der Waals surface area (Å²) in [6, 6.07) is 0.642. The molecule has 0 spiro atoms. The van der Waals surface area contributed by atoms with Gasteiger partial charge in [-0.05, 0) is 11.6 Å². The number of aromatic nitrogens is 3. The first kappa shape index (κ1) is 21.6. The van der Waals surface area contributed by atoms with E-state index in [4.69, 9.17) is 0 Å². The lowest BCUT2D eigenvalue weighted by molar-refractivity contribution is -0.139. The molecule has 1 amide bonds. The van der Waals surface area contributed by atoms with Crippen LogP contribution >= 0.6 is 0 Å². The molecule has 30 heavy (non-hydrogen) atoms. The minimum Gasteiger partial charge on any atom is -0.339 e. The Labute approximate surface area is 165 Å². The van der Waals surface area contributed by atoms with Gasteiger partial charge < -0.3 is 14.8 Å². The lowest BCUT2D eigenvalue weighted by Crippen LogP contribution is -2.49. The van der Waals surface area contributed by atoms with Crippen LogP contribution in [0.25, 0.3) is 0 Å². The monoisotopic (exact) mass is 435 g/mol. The Hall–Kier alpha value is -3.12. The van der Waals surface area contributed by atoms with E-state index in [0.717, 1.165) is 6.20 Å². The van der Waals surface area contributed by atoms with Gasteiger partial charge in [0.1, 0.15) is 5.56 Å². The Kier molecular flexibility index (Phi) is 5.72. The fourth-order valence-corrected chi connectivity index (χ4v) is 2.91. The van der Waals surface area contributed by atoms with Crippen LogP contribution in [-0.4, -0.2) is 51.9 Å². The number of nitrogens with one attached hydrogen (secondary N) is 1. The molecule has 13 heteroatoms. The number of halogens is 6. The summed E-state index contributed by atoms with van der Waals surface area (Å²) in [7, 11) is 0. The van der Waals surface area contributed by atoms with Gasteiger partial charge in [-0.1, -0.05) is 0 Å². The molecule has 1 aliphatic heterocycles. The number of nitrogens with zero attached hydrogens (tertiary/aromatic N) is 4. The zero-order valence-electron chi connectivity index (χ0n) is 15.2. The predicted molar refractivity (Wildman–Crippen MR) is 91.6 cm³/mol. The topological polar surface area (TPSA) is 82.2 Å². The van der Waals surface area contributed by atoms with Crippen LogP contribution in [0.4, 0.5) is 32.3 Å². The predicted octanol–water partition coefficient (Wildman–Crippen LogP) is 2.09. The number of hydrogen-bond acceptors (Lipinski definition) is 5. The van der Waals surface area contributed by atoms with Crippen LogP contribution in [0.2, 0.25) is 0 Å². The number of alkyl halides is 6. The van der Waals surface area contributed by atoms with Gasteiger partial charge in [0.15, 0.2) is 0 Å². The highest BCUT2D eigenvalue weighted by atomic mass is 19.4. The number of piperazine rings is 1. The van der Waals surface area contributed by atoms with Gasteiger partial charge >= 0.3 is 12.4 Å². The summed E-state index contributed by atoms with van der Waals surface area (Å²) in [6.45, 7) is 0.879. The normalized spacial score (nSPS) is 15.4. The Balaban J connectivity index is 1.60. The van der Waals surface area contributed by atoms with E-state index in [-0.39, 0.29) is 44.1 Å². The van der Waals surface area contributed by atoms with Crippen molar-refractivity contribution < 1.29 is 31.1 Å². The number of pyridine rings is 1. The van der Waals surface area contributed by atoms with Crippen molar-refractivity contribution in [3.63, 3.8) is 0 Å². The number of rotatable bonds is 3. The van der Waals surface area contributed by atoms with Crippen LogP contribution in [-0.2, 0) is 23.6 Å². The molecule has 0 bridgehead atoms. The van der Waals surface area contributed by atoms with Crippen LogP contribution < -0.4 is 10.5 Å². The largest absolute Gasteiger partial charge is 0.421 e. The number of carbonyl (C=O) groups is 1. The minimum atomic E-state index is -4.83. The zero-order chi connectivity index (χ0) is 22.1. The lowest BCUT2D eigenvalue weighted by Gasteiger charge is -2.34. The van der Waals surface area contributed by atoms with Crippen molar-refractivity contribution >= 4 is 11.9 Å². The van der Waals surface area contributed by atoms with Crippen LogP contribution in [0.5, 0.6) is 0 Å². The van der Waals surface area contributed by atoms with Crippen LogP contribution in [0, 0.1) is 0 Å². The summed E-state index contributed by atoms with van der Waals surface area (Å²) < 4.78 is 76.2. The third-order valence-corrected chi connectivity index (χ3v) is 4.50. The standard InChI is InChI=1S/C17H15F6N5O2/c18-16(19,20)11-8-25-15(26-9-11)28-3-1-27(2-4-28)13(29)6-10-5-12(17(21,22)23)14(30)24-7-10/h5,7-9H,1-4,6H2,(H,24,30). The molecule has 1 N–H and O–H groups in total. The fraction of sp³-hybridized carbons (Fsp3) is 0.412. The number of aromatic amines is 1. The smallest absolute Gasteiger partial charge is 0.339 e. The Morgan fingerprint density at radius 1 is 1.00 bits per heavy atom. The second kappa shape index (κ2) is 7.95. The number of hydrogen-bond donors (Lipinski definition) is 1. The molecular weight excluding hydrogens is 420 g/mol. The SMILES string of the molecule is O=C(Cc1c[nH]c(=O)c(C(F)(F)F)c1)N1CCN(c2ncc(C(F)(F)F)cn2)CC1. The second-order valence-corrected chi connectivity index (χ2v) is 6.56. The maximum atomic E-state index is 12.8. The van der Waals surface area contributed by atoms with Gasteiger partial charge in [0.25, 0.3) is 5.56 Å². The first-order chi connectivity index (χ1) is 13.9. The average Bonchev–Trinajstić information content (AvgIpc) is 2.68. The molecule has 0 saturated carbocycles. The van der Waals surface area contributed by atoms with Crippen molar-refractivity contribution in [2.45, 2.75) is 18.8 Å². The maximum Gasteiger partial charge on any atom is 0.421 e. The van der Waals surface area contributed by atoms with E-state index in [1.54, 1.807) is 4.90 Å². The van der Waals surface area contributed by atoms with Gasteiger partial charge in [0, 0.05) is 44.8 Å². The van der Waals surface area contributed by atoms with Crippen LogP contribution in [0.15, 0.2) is 29.5 Å². The second-order valence-electron chi connectivity index (χ2n) is 6.56. The minimum absolute atomic E-state index is 0.0143. The molecule has 1 aliphatic rings. The summed E-state index contributed by atoms with van der Waals surface area (Å²) in [5, 5.41) is 0. The van der Waals surface area contributed by atoms with E-state index < -0.39 is 34.9 Å². The number of H-pyrrole nitrogens is 1. The Morgan fingerprint density at radius 3 is 2.13 bits per heavy atom. The Morgan fingerprint density at radius 2 is 1.60 bits per heavy atom. The molecule has 162 valence electrons. The highest BCUT2D eigenvalue weighted by Gasteiger charge is 2.34. The molecule has 2 aromatic rings. The van der Waals surface area contributed by atoms with Gasteiger partial charge in [0.05, 0.1) is 12.0 Å². The molecule has 0 radical (unpaired) electrons. The maximum absolute atomic E-state index is 12.8. The van der Waals surface area contributed by atoms with Gasteiger partial charge in [-0.15, -0.1) is 0 Å². The third kappa shape index (κ3) is 4.89. The van der Waals surface area contributed by atoms with E-state index in [2.05, 4.69) is 9.97 Å². The van der Waals surface area contributed by atoms with Gasteiger partial charge in [-0.3, -0.25) is 9.59 Å². The number of anilines is 1. The van der Waals surface area contributed by atoms with E-state index >= 15 is 0 Å². The summed E-state index contributed by atoms with van der Waals surface area (Å²) in [6.07, 6.45) is -7.31. The van der Waals surface area contributed by atoms with E-state index in [1.165, 1.54) is 4.90 Å². The zero-order valence-corrected chi connectivity index (χ0v) is 15.2. The first-order valence-corrected chi connectivity index (χ1v) is 8.66. The summed E-state index contributed by atoms with van der Waals surface area (Å²) in [5.74, 6) is -0.353. The van der Waals surface area contributed by atoms with Crippen molar-refractivity contribution in [3.05, 3.63) is 51.7 Å². The first-order valence-electron chi connectivity index (χ1n) is 8.66. The average molecular weight is 435 g/mol. The van der Waals surface area contributed by atoms with Crippen molar-refractivity contribution in [3.8, 4) is 0 Å². The molecule has 0 aliphatic carbocycles. The molecule has 1 fully saturated rings. The molecule has 3 heterocycles. The molecule has 0 atom stereocenters. The molecule has 3 rings (SSSR count). The van der Waals surface area contributed by atoms with Crippen molar-refractivity contribution in [2.24, 2.45) is 0 Å². The van der Waals surface area contributed by atoms with E-state index in [9.17, 15) is 35.9 Å². The summed E-state index contributed by atoms with van der Waals surface area (Å²) in [4.78, 5) is 36.1. The van der Waals surface area contributed by atoms with E-state index in [0.29, 0.717) is 18.5 Å². The highest BCUT2D eigenvalue weighted by molar-refractivity contribution is 5.79.